The average molecular weight is 202 g/mol. The van der Waals surface area contributed by atoms with E-state index < -0.39 is 5.41 Å². The molecule has 1 fully saturated rings. The average Bonchev–Trinajstić information content (AvgIpc) is 2.32. The number of aromatic nitrogens is 2. The molecule has 4 nitrogen and oxygen atoms in total. The third-order valence-electron chi connectivity index (χ3n) is 3.13. The van der Waals surface area contributed by atoms with Gasteiger partial charge >= 0.3 is 0 Å². The summed E-state index contributed by atoms with van der Waals surface area (Å²) in [5, 5.41) is 9.35. The number of nitrogens with zero attached hydrogens (tertiary/aromatic N) is 4. The van der Waals surface area contributed by atoms with Gasteiger partial charge in [-0.25, -0.2) is 9.97 Å². The summed E-state index contributed by atoms with van der Waals surface area (Å²) in [7, 11) is 2.08. The molecule has 0 atom stereocenters. The van der Waals surface area contributed by atoms with Gasteiger partial charge in [0.2, 0.25) is 0 Å². The van der Waals surface area contributed by atoms with Crippen LogP contribution >= 0.6 is 0 Å². The van der Waals surface area contributed by atoms with E-state index in [0.717, 1.165) is 31.6 Å². The number of hydrogen-bond acceptors (Lipinski definition) is 4. The number of rotatable bonds is 1. The van der Waals surface area contributed by atoms with Gasteiger partial charge in [-0.05, 0) is 39.0 Å². The van der Waals surface area contributed by atoms with Gasteiger partial charge in [0, 0.05) is 6.20 Å². The maximum Gasteiger partial charge on any atom is 0.115 e. The first-order chi connectivity index (χ1) is 7.27. The minimum atomic E-state index is -0.393. The largest absolute Gasteiger partial charge is 0.306 e. The van der Waals surface area contributed by atoms with E-state index in [1.807, 2.05) is 6.07 Å². The Bertz CT molecular complexity index is 360. The smallest absolute Gasteiger partial charge is 0.115 e. The molecule has 15 heavy (non-hydrogen) atoms. The van der Waals surface area contributed by atoms with Gasteiger partial charge in [-0.2, -0.15) is 5.26 Å². The third kappa shape index (κ3) is 1.83. The normalized spacial score (nSPS) is 20.8. The van der Waals surface area contributed by atoms with Gasteiger partial charge in [0.05, 0.1) is 11.8 Å². The van der Waals surface area contributed by atoms with Crippen molar-refractivity contribution in [2.45, 2.75) is 18.3 Å². The summed E-state index contributed by atoms with van der Waals surface area (Å²) in [6.45, 7) is 1.91. The van der Waals surface area contributed by atoms with Gasteiger partial charge in [0.15, 0.2) is 0 Å². The number of piperidine rings is 1. The first kappa shape index (κ1) is 10.1. The van der Waals surface area contributed by atoms with Crippen LogP contribution in [0.4, 0.5) is 0 Å². The Balaban J connectivity index is 2.28. The molecule has 1 saturated heterocycles. The molecule has 1 aromatic rings. The summed E-state index contributed by atoms with van der Waals surface area (Å²) in [5.74, 6) is 0. The second-order valence-electron chi connectivity index (χ2n) is 4.09. The second-order valence-corrected chi connectivity index (χ2v) is 4.09. The van der Waals surface area contributed by atoms with E-state index in [1.165, 1.54) is 6.33 Å². The van der Waals surface area contributed by atoms with Crippen molar-refractivity contribution in [3.05, 3.63) is 24.3 Å². The molecule has 2 heterocycles. The molecule has 1 aromatic heterocycles. The van der Waals surface area contributed by atoms with Crippen LogP contribution in [0, 0.1) is 11.3 Å². The lowest BCUT2D eigenvalue weighted by Gasteiger charge is -2.34. The Hall–Kier alpha value is -1.47. The highest BCUT2D eigenvalue weighted by molar-refractivity contribution is 5.26. The molecule has 4 heteroatoms. The van der Waals surface area contributed by atoms with Crippen molar-refractivity contribution in [3.63, 3.8) is 0 Å². The Kier molecular flexibility index (Phi) is 2.65. The molecule has 1 aliphatic heterocycles. The first-order valence-electron chi connectivity index (χ1n) is 5.13. The maximum absolute atomic E-state index is 9.35. The Morgan fingerprint density at radius 2 is 2.20 bits per heavy atom. The molecule has 1 aliphatic rings. The molecule has 78 valence electrons. The summed E-state index contributed by atoms with van der Waals surface area (Å²) >= 11 is 0. The zero-order valence-electron chi connectivity index (χ0n) is 8.85. The molecule has 0 N–H and O–H groups in total. The summed E-state index contributed by atoms with van der Waals surface area (Å²) in [5.41, 5.74) is 0.475. The van der Waals surface area contributed by atoms with E-state index in [4.69, 9.17) is 0 Å². The van der Waals surface area contributed by atoms with Crippen LogP contribution in [0.3, 0.4) is 0 Å². The maximum atomic E-state index is 9.35. The minimum Gasteiger partial charge on any atom is -0.306 e. The SMILES string of the molecule is CN1CCC(C#N)(c2ccncn2)CC1. The van der Waals surface area contributed by atoms with Crippen molar-refractivity contribution >= 4 is 0 Å². The van der Waals surface area contributed by atoms with E-state index in [1.54, 1.807) is 6.20 Å². The predicted molar refractivity (Wildman–Crippen MR) is 56.1 cm³/mol. The lowest BCUT2D eigenvalue weighted by atomic mass is 9.77. The summed E-state index contributed by atoms with van der Waals surface area (Å²) in [6.07, 6.45) is 4.94. The number of hydrogen-bond donors (Lipinski definition) is 0. The number of likely N-dealkylation sites (tertiary alicyclic amines) is 1. The molecule has 0 aromatic carbocycles. The lowest BCUT2D eigenvalue weighted by molar-refractivity contribution is 0.219. The van der Waals surface area contributed by atoms with E-state index >= 15 is 0 Å². The fraction of sp³-hybridized carbons (Fsp3) is 0.545. The van der Waals surface area contributed by atoms with Crippen molar-refractivity contribution in [3.8, 4) is 6.07 Å². The molecule has 0 spiro atoms. The van der Waals surface area contributed by atoms with Crippen LogP contribution < -0.4 is 0 Å². The van der Waals surface area contributed by atoms with Gasteiger partial charge in [-0.3, -0.25) is 0 Å². The van der Waals surface area contributed by atoms with Gasteiger partial charge in [-0.1, -0.05) is 0 Å². The minimum absolute atomic E-state index is 0.393. The third-order valence-corrected chi connectivity index (χ3v) is 3.13. The van der Waals surface area contributed by atoms with Gasteiger partial charge in [-0.15, -0.1) is 0 Å². The highest BCUT2D eigenvalue weighted by atomic mass is 15.1. The summed E-state index contributed by atoms with van der Waals surface area (Å²) in [6, 6.07) is 4.29. The standard InChI is InChI=1S/C11H14N4/c1-15-6-3-11(8-12,4-7-15)10-2-5-13-9-14-10/h2,5,9H,3-4,6-7H2,1H3. The van der Waals surface area contributed by atoms with Gasteiger partial charge in [0.25, 0.3) is 0 Å². The van der Waals surface area contributed by atoms with Gasteiger partial charge < -0.3 is 4.90 Å². The van der Waals surface area contributed by atoms with Crippen LogP contribution in [0.25, 0.3) is 0 Å². The van der Waals surface area contributed by atoms with Crippen molar-refractivity contribution in [1.82, 2.24) is 14.9 Å². The molecule has 0 aliphatic carbocycles. The molecule has 0 unspecified atom stereocenters. The van der Waals surface area contributed by atoms with Crippen LogP contribution in [-0.4, -0.2) is 35.0 Å². The van der Waals surface area contributed by atoms with Crippen LogP contribution in [0.5, 0.6) is 0 Å². The molecule has 0 radical (unpaired) electrons. The molecule has 2 rings (SSSR count). The van der Waals surface area contributed by atoms with Crippen LogP contribution in [0.15, 0.2) is 18.6 Å². The van der Waals surface area contributed by atoms with E-state index in [9.17, 15) is 5.26 Å². The quantitative estimate of drug-likeness (QED) is 0.680. The predicted octanol–water partition coefficient (Wildman–Crippen LogP) is 0.964. The fourth-order valence-electron chi connectivity index (χ4n) is 2.00. The Morgan fingerprint density at radius 3 is 2.73 bits per heavy atom. The van der Waals surface area contributed by atoms with Crippen LogP contribution in [0.2, 0.25) is 0 Å². The zero-order chi connectivity index (χ0) is 10.7. The van der Waals surface area contributed by atoms with E-state index in [2.05, 4.69) is 28.0 Å². The molecule has 0 saturated carbocycles. The fourth-order valence-corrected chi connectivity index (χ4v) is 2.00. The second kappa shape index (κ2) is 3.95. The van der Waals surface area contributed by atoms with E-state index in [0.29, 0.717) is 0 Å². The lowest BCUT2D eigenvalue weighted by Crippen LogP contribution is -2.40. The Labute approximate surface area is 89.6 Å². The Morgan fingerprint density at radius 1 is 1.47 bits per heavy atom. The highest BCUT2D eigenvalue weighted by Gasteiger charge is 2.36. The van der Waals surface area contributed by atoms with Crippen molar-refractivity contribution in [2.75, 3.05) is 20.1 Å². The zero-order valence-corrected chi connectivity index (χ0v) is 8.85. The first-order valence-corrected chi connectivity index (χ1v) is 5.13. The van der Waals surface area contributed by atoms with E-state index in [-0.39, 0.29) is 0 Å². The monoisotopic (exact) mass is 202 g/mol. The summed E-state index contributed by atoms with van der Waals surface area (Å²) in [4.78, 5) is 10.4. The molecule has 0 bridgehead atoms. The van der Waals surface area contributed by atoms with Crippen LogP contribution in [0.1, 0.15) is 18.5 Å². The van der Waals surface area contributed by atoms with Crippen molar-refractivity contribution in [2.24, 2.45) is 0 Å². The summed E-state index contributed by atoms with van der Waals surface area (Å²) < 4.78 is 0. The number of nitriles is 1. The molecule has 0 amide bonds. The van der Waals surface area contributed by atoms with Crippen molar-refractivity contribution < 1.29 is 0 Å². The van der Waals surface area contributed by atoms with Crippen molar-refractivity contribution in [1.29, 1.82) is 5.26 Å². The van der Waals surface area contributed by atoms with Gasteiger partial charge in [0.1, 0.15) is 11.7 Å². The van der Waals surface area contributed by atoms with Crippen LogP contribution in [-0.2, 0) is 5.41 Å². The molecular weight excluding hydrogens is 188 g/mol. The molecular formula is C11H14N4. The topological polar surface area (TPSA) is 52.8 Å². The highest BCUT2D eigenvalue weighted by Crippen LogP contribution is 2.32.